The van der Waals surface area contributed by atoms with Gasteiger partial charge in [0, 0.05) is 37.5 Å². The number of benzene rings is 1. The quantitative estimate of drug-likeness (QED) is 0.799. The molecule has 1 saturated heterocycles. The summed E-state index contributed by atoms with van der Waals surface area (Å²) in [5, 5.41) is 0. The zero-order valence-corrected chi connectivity index (χ0v) is 15.5. The summed E-state index contributed by atoms with van der Waals surface area (Å²) in [6.07, 6.45) is 3.49. The first-order valence-corrected chi connectivity index (χ1v) is 8.66. The van der Waals surface area contributed by atoms with Gasteiger partial charge in [-0.25, -0.2) is 0 Å². The number of ketones is 1. The van der Waals surface area contributed by atoms with Crippen LogP contribution in [0.3, 0.4) is 0 Å². The molecule has 0 aromatic heterocycles. The molecule has 1 aliphatic heterocycles. The summed E-state index contributed by atoms with van der Waals surface area (Å²) in [4.78, 5) is 26.3. The number of hydrogen-bond acceptors (Lipinski definition) is 3. The van der Waals surface area contributed by atoms with Gasteiger partial charge in [0.2, 0.25) is 5.91 Å². The SMILES string of the molecule is CCc1ccc(C(=O)CCC(=O)N2CCC(C(C)N)CC2)cc1.Cl. The topological polar surface area (TPSA) is 63.4 Å². The highest BCUT2D eigenvalue weighted by Crippen LogP contribution is 2.20. The van der Waals surface area contributed by atoms with E-state index >= 15 is 0 Å². The first-order valence-electron chi connectivity index (χ1n) is 8.66. The zero-order chi connectivity index (χ0) is 16.8. The number of hydrogen-bond donors (Lipinski definition) is 1. The highest BCUT2D eigenvalue weighted by atomic mass is 35.5. The van der Waals surface area contributed by atoms with E-state index in [2.05, 4.69) is 6.92 Å². The summed E-state index contributed by atoms with van der Waals surface area (Å²) in [6, 6.07) is 7.88. The largest absolute Gasteiger partial charge is 0.343 e. The Morgan fingerprint density at radius 2 is 1.75 bits per heavy atom. The van der Waals surface area contributed by atoms with Crippen molar-refractivity contribution in [1.29, 1.82) is 0 Å². The van der Waals surface area contributed by atoms with Crippen molar-refractivity contribution in [2.24, 2.45) is 11.7 Å². The van der Waals surface area contributed by atoms with Crippen LogP contribution in [0.4, 0.5) is 0 Å². The molecule has 24 heavy (non-hydrogen) atoms. The summed E-state index contributed by atoms with van der Waals surface area (Å²) in [5.41, 5.74) is 7.84. The van der Waals surface area contributed by atoms with Crippen LogP contribution in [0.5, 0.6) is 0 Å². The van der Waals surface area contributed by atoms with Gasteiger partial charge < -0.3 is 10.6 Å². The molecule has 134 valence electrons. The summed E-state index contributed by atoms with van der Waals surface area (Å²) in [7, 11) is 0. The molecule has 1 heterocycles. The van der Waals surface area contributed by atoms with E-state index < -0.39 is 0 Å². The number of carbonyl (C=O) groups is 2. The summed E-state index contributed by atoms with van der Waals surface area (Å²) in [6.45, 7) is 5.66. The predicted molar refractivity (Wildman–Crippen MR) is 99.6 cm³/mol. The molecule has 1 aliphatic rings. The van der Waals surface area contributed by atoms with E-state index in [1.165, 1.54) is 5.56 Å². The standard InChI is InChI=1S/C19H28N2O2.ClH/c1-3-15-4-6-17(7-5-15)18(22)8-9-19(23)21-12-10-16(11-13-21)14(2)20;/h4-7,14,16H,3,8-13,20H2,1-2H3;1H. The van der Waals surface area contributed by atoms with Crippen molar-refractivity contribution in [2.45, 2.75) is 52.0 Å². The lowest BCUT2D eigenvalue weighted by molar-refractivity contribution is -0.132. The van der Waals surface area contributed by atoms with E-state index in [-0.39, 0.29) is 36.6 Å². The number of nitrogens with zero attached hydrogens (tertiary/aromatic N) is 1. The molecular weight excluding hydrogens is 324 g/mol. The number of halogens is 1. The lowest BCUT2D eigenvalue weighted by Crippen LogP contribution is -2.42. The van der Waals surface area contributed by atoms with Gasteiger partial charge in [-0.15, -0.1) is 12.4 Å². The third kappa shape index (κ3) is 5.60. The summed E-state index contributed by atoms with van der Waals surface area (Å²) < 4.78 is 0. The number of carbonyl (C=O) groups excluding carboxylic acids is 2. The predicted octanol–water partition coefficient (Wildman–Crippen LogP) is 3.22. The van der Waals surface area contributed by atoms with E-state index in [1.807, 2.05) is 36.1 Å². The second-order valence-electron chi connectivity index (χ2n) is 6.55. The molecule has 1 amide bonds. The Morgan fingerprint density at radius 1 is 1.17 bits per heavy atom. The first kappa shape index (κ1) is 20.7. The minimum Gasteiger partial charge on any atom is -0.343 e. The van der Waals surface area contributed by atoms with E-state index in [4.69, 9.17) is 5.73 Å². The Morgan fingerprint density at radius 3 is 2.25 bits per heavy atom. The average Bonchev–Trinajstić information content (AvgIpc) is 2.59. The van der Waals surface area contributed by atoms with Crippen LogP contribution in [0.2, 0.25) is 0 Å². The van der Waals surface area contributed by atoms with E-state index in [0.29, 0.717) is 17.9 Å². The van der Waals surface area contributed by atoms with Gasteiger partial charge in [-0.3, -0.25) is 9.59 Å². The molecular formula is C19H29ClN2O2. The number of aryl methyl sites for hydroxylation is 1. The van der Waals surface area contributed by atoms with Crippen molar-refractivity contribution in [1.82, 2.24) is 4.90 Å². The molecule has 1 unspecified atom stereocenters. The Kier molecular flexibility index (Phi) is 8.43. The number of rotatable bonds is 6. The number of nitrogens with two attached hydrogens (primary N) is 1. The van der Waals surface area contributed by atoms with Gasteiger partial charge in [-0.1, -0.05) is 31.2 Å². The number of likely N-dealkylation sites (tertiary alicyclic amines) is 1. The fraction of sp³-hybridized carbons (Fsp3) is 0.579. The van der Waals surface area contributed by atoms with Crippen molar-refractivity contribution >= 4 is 24.1 Å². The van der Waals surface area contributed by atoms with Gasteiger partial charge in [-0.2, -0.15) is 0 Å². The molecule has 0 aliphatic carbocycles. The van der Waals surface area contributed by atoms with Crippen molar-refractivity contribution in [3.8, 4) is 0 Å². The third-order valence-corrected chi connectivity index (χ3v) is 4.89. The van der Waals surface area contributed by atoms with Crippen molar-refractivity contribution in [3.63, 3.8) is 0 Å². The second kappa shape index (κ2) is 9.80. The highest BCUT2D eigenvalue weighted by Gasteiger charge is 2.24. The van der Waals surface area contributed by atoms with Gasteiger partial charge in [0.05, 0.1) is 0 Å². The smallest absolute Gasteiger partial charge is 0.223 e. The van der Waals surface area contributed by atoms with Crippen LogP contribution in [-0.2, 0) is 11.2 Å². The van der Waals surface area contributed by atoms with Crippen LogP contribution in [0.15, 0.2) is 24.3 Å². The maximum atomic E-state index is 12.3. The van der Waals surface area contributed by atoms with E-state index in [1.54, 1.807) is 0 Å². The Labute approximate surface area is 151 Å². The molecule has 1 aromatic carbocycles. The second-order valence-corrected chi connectivity index (χ2v) is 6.55. The van der Waals surface area contributed by atoms with Gasteiger partial charge in [0.25, 0.3) is 0 Å². The van der Waals surface area contributed by atoms with Crippen LogP contribution in [0, 0.1) is 5.92 Å². The van der Waals surface area contributed by atoms with Crippen LogP contribution in [-0.4, -0.2) is 35.7 Å². The molecule has 0 saturated carbocycles. The Balaban J connectivity index is 0.00000288. The van der Waals surface area contributed by atoms with Crippen LogP contribution >= 0.6 is 12.4 Å². The monoisotopic (exact) mass is 352 g/mol. The molecule has 2 rings (SSSR count). The molecule has 0 spiro atoms. The number of Topliss-reactive ketones (excluding diaryl/α,β-unsaturated/α-hetero) is 1. The number of amides is 1. The normalized spacial score (nSPS) is 16.4. The van der Waals surface area contributed by atoms with Gasteiger partial charge in [0.1, 0.15) is 0 Å². The summed E-state index contributed by atoms with van der Waals surface area (Å²) in [5.74, 6) is 0.649. The average molecular weight is 353 g/mol. The number of piperidine rings is 1. The van der Waals surface area contributed by atoms with Gasteiger partial charge in [0.15, 0.2) is 5.78 Å². The van der Waals surface area contributed by atoms with E-state index in [9.17, 15) is 9.59 Å². The minimum atomic E-state index is 0. The van der Waals surface area contributed by atoms with Gasteiger partial charge in [-0.05, 0) is 37.7 Å². The zero-order valence-electron chi connectivity index (χ0n) is 14.7. The molecule has 4 nitrogen and oxygen atoms in total. The fourth-order valence-corrected chi connectivity index (χ4v) is 3.12. The van der Waals surface area contributed by atoms with Crippen LogP contribution < -0.4 is 5.73 Å². The van der Waals surface area contributed by atoms with Crippen LogP contribution in [0.1, 0.15) is 55.5 Å². The summed E-state index contributed by atoms with van der Waals surface area (Å²) >= 11 is 0. The lowest BCUT2D eigenvalue weighted by atomic mass is 9.91. The maximum absolute atomic E-state index is 12.3. The molecule has 2 N–H and O–H groups in total. The van der Waals surface area contributed by atoms with Crippen molar-refractivity contribution in [3.05, 3.63) is 35.4 Å². The first-order chi connectivity index (χ1) is 11.0. The van der Waals surface area contributed by atoms with Gasteiger partial charge >= 0.3 is 0 Å². The van der Waals surface area contributed by atoms with Crippen LogP contribution in [0.25, 0.3) is 0 Å². The Bertz CT molecular complexity index is 535. The van der Waals surface area contributed by atoms with E-state index in [0.717, 1.165) is 32.4 Å². The van der Waals surface area contributed by atoms with Crippen molar-refractivity contribution < 1.29 is 9.59 Å². The Hall–Kier alpha value is -1.39. The minimum absolute atomic E-state index is 0. The molecule has 0 bridgehead atoms. The lowest BCUT2D eigenvalue weighted by Gasteiger charge is -2.33. The third-order valence-electron chi connectivity index (χ3n) is 4.89. The fourth-order valence-electron chi connectivity index (χ4n) is 3.12. The molecule has 5 heteroatoms. The molecule has 1 atom stereocenters. The highest BCUT2D eigenvalue weighted by molar-refractivity contribution is 5.98. The maximum Gasteiger partial charge on any atom is 0.223 e. The molecule has 1 fully saturated rings. The molecule has 0 radical (unpaired) electrons. The molecule has 1 aromatic rings. The van der Waals surface area contributed by atoms with Crippen molar-refractivity contribution in [2.75, 3.05) is 13.1 Å².